The van der Waals surface area contributed by atoms with E-state index in [1.54, 1.807) is 24.3 Å². The fourth-order valence-corrected chi connectivity index (χ4v) is 1.33. The van der Waals surface area contributed by atoms with Crippen molar-refractivity contribution in [3.05, 3.63) is 36.2 Å². The summed E-state index contributed by atoms with van der Waals surface area (Å²) >= 11 is 0. The molecule has 6 nitrogen and oxygen atoms in total. The van der Waals surface area contributed by atoms with Crippen molar-refractivity contribution in [2.45, 2.75) is 6.92 Å². The van der Waals surface area contributed by atoms with Crippen LogP contribution in [0.3, 0.4) is 0 Å². The van der Waals surface area contributed by atoms with Crippen molar-refractivity contribution < 1.29 is 14.6 Å². The Morgan fingerprint density at radius 2 is 2.12 bits per heavy atom. The molecular weight excluding hydrogens is 222 g/mol. The third-order valence-corrected chi connectivity index (χ3v) is 2.09. The Morgan fingerprint density at radius 3 is 2.65 bits per heavy atom. The lowest BCUT2D eigenvalue weighted by Gasteiger charge is -2.03. The summed E-state index contributed by atoms with van der Waals surface area (Å²) in [5, 5.41) is 16.4. The second-order valence-electron chi connectivity index (χ2n) is 3.25. The van der Waals surface area contributed by atoms with Crippen molar-refractivity contribution in [1.29, 1.82) is 0 Å². The largest absolute Gasteiger partial charge is 0.494 e. The molecule has 0 atom stereocenters. The van der Waals surface area contributed by atoms with Crippen molar-refractivity contribution in [2.24, 2.45) is 0 Å². The fourth-order valence-electron chi connectivity index (χ4n) is 1.33. The highest BCUT2D eigenvalue weighted by Gasteiger charge is 2.08. The zero-order valence-corrected chi connectivity index (χ0v) is 9.20. The molecule has 0 radical (unpaired) electrons. The van der Waals surface area contributed by atoms with Crippen molar-refractivity contribution in [2.75, 3.05) is 6.61 Å². The third-order valence-electron chi connectivity index (χ3n) is 2.09. The second-order valence-corrected chi connectivity index (χ2v) is 3.25. The van der Waals surface area contributed by atoms with E-state index in [-0.39, 0.29) is 5.69 Å². The normalized spacial score (nSPS) is 10.2. The predicted molar refractivity (Wildman–Crippen MR) is 59.5 cm³/mol. The zero-order valence-electron chi connectivity index (χ0n) is 9.20. The number of carboxylic acid groups (broad SMARTS) is 1. The van der Waals surface area contributed by atoms with Crippen LogP contribution in [0.25, 0.3) is 5.69 Å². The van der Waals surface area contributed by atoms with Crippen LogP contribution in [0, 0.1) is 0 Å². The minimum Gasteiger partial charge on any atom is -0.494 e. The molecule has 0 bridgehead atoms. The molecule has 0 aliphatic rings. The van der Waals surface area contributed by atoms with Crippen LogP contribution < -0.4 is 4.74 Å². The summed E-state index contributed by atoms with van der Waals surface area (Å²) < 4.78 is 5.30. The van der Waals surface area contributed by atoms with Crippen LogP contribution in [-0.4, -0.2) is 32.7 Å². The Hall–Kier alpha value is -2.37. The molecule has 88 valence electrons. The molecule has 0 unspecified atom stereocenters. The van der Waals surface area contributed by atoms with Crippen molar-refractivity contribution in [1.82, 2.24) is 15.0 Å². The topological polar surface area (TPSA) is 77.2 Å². The zero-order chi connectivity index (χ0) is 12.3. The van der Waals surface area contributed by atoms with E-state index in [2.05, 4.69) is 10.2 Å². The summed E-state index contributed by atoms with van der Waals surface area (Å²) in [6.07, 6.45) is 1.21. The van der Waals surface area contributed by atoms with Gasteiger partial charge in [-0.25, -0.2) is 4.79 Å². The van der Waals surface area contributed by atoms with Gasteiger partial charge in [0.2, 0.25) is 0 Å². The van der Waals surface area contributed by atoms with E-state index in [0.29, 0.717) is 12.3 Å². The van der Waals surface area contributed by atoms with E-state index in [1.807, 2.05) is 6.92 Å². The number of benzene rings is 1. The summed E-state index contributed by atoms with van der Waals surface area (Å²) in [5.41, 5.74) is 0.597. The lowest BCUT2D eigenvalue weighted by atomic mass is 10.3. The molecular formula is C11H11N3O3. The van der Waals surface area contributed by atoms with Gasteiger partial charge in [-0.2, -0.15) is 9.90 Å². The molecule has 0 aliphatic carbocycles. The maximum absolute atomic E-state index is 10.6. The van der Waals surface area contributed by atoms with Crippen LogP contribution in [-0.2, 0) is 0 Å². The molecule has 1 aromatic carbocycles. The highest BCUT2D eigenvalue weighted by Crippen LogP contribution is 2.14. The SMILES string of the molecule is CCOc1ccc(-n2ncc(C(=O)O)n2)cc1. The minimum absolute atomic E-state index is 0.0844. The van der Waals surface area contributed by atoms with Gasteiger partial charge >= 0.3 is 5.97 Å². The lowest BCUT2D eigenvalue weighted by molar-refractivity contribution is 0.0690. The van der Waals surface area contributed by atoms with Gasteiger partial charge in [-0.3, -0.25) is 0 Å². The van der Waals surface area contributed by atoms with Crippen molar-refractivity contribution >= 4 is 5.97 Å². The Bertz CT molecular complexity index is 519. The number of carboxylic acids is 1. The maximum atomic E-state index is 10.6. The van der Waals surface area contributed by atoms with E-state index < -0.39 is 5.97 Å². The van der Waals surface area contributed by atoms with Gasteiger partial charge in [0.25, 0.3) is 0 Å². The number of hydrogen-bond donors (Lipinski definition) is 1. The maximum Gasteiger partial charge on any atom is 0.358 e. The Morgan fingerprint density at radius 1 is 1.41 bits per heavy atom. The first-order valence-corrected chi connectivity index (χ1v) is 5.09. The Labute approximate surface area is 97.4 Å². The van der Waals surface area contributed by atoms with Gasteiger partial charge in [-0.15, -0.1) is 5.10 Å². The summed E-state index contributed by atoms with van der Waals surface area (Å²) in [5.74, 6) is -0.343. The Balaban J connectivity index is 2.23. The molecule has 0 amide bonds. The number of nitrogens with zero attached hydrogens (tertiary/aromatic N) is 3. The number of hydrogen-bond acceptors (Lipinski definition) is 4. The number of ether oxygens (including phenoxy) is 1. The summed E-state index contributed by atoms with van der Waals surface area (Å²) in [4.78, 5) is 11.9. The van der Waals surface area contributed by atoms with E-state index >= 15 is 0 Å². The lowest BCUT2D eigenvalue weighted by Crippen LogP contribution is -2.02. The molecule has 6 heteroatoms. The van der Waals surface area contributed by atoms with Gasteiger partial charge in [-0.05, 0) is 31.2 Å². The summed E-state index contributed by atoms with van der Waals surface area (Å²) in [6.45, 7) is 2.50. The van der Waals surface area contributed by atoms with E-state index in [0.717, 1.165) is 5.75 Å². The molecule has 2 rings (SSSR count). The van der Waals surface area contributed by atoms with E-state index in [9.17, 15) is 4.79 Å². The van der Waals surface area contributed by atoms with Gasteiger partial charge in [0, 0.05) is 0 Å². The van der Waals surface area contributed by atoms with Crippen LogP contribution in [0.5, 0.6) is 5.75 Å². The van der Waals surface area contributed by atoms with Crippen LogP contribution >= 0.6 is 0 Å². The van der Waals surface area contributed by atoms with Crippen LogP contribution in [0.4, 0.5) is 0 Å². The number of rotatable bonds is 4. The second kappa shape index (κ2) is 4.65. The van der Waals surface area contributed by atoms with Gasteiger partial charge in [-0.1, -0.05) is 0 Å². The van der Waals surface area contributed by atoms with Gasteiger partial charge in [0.15, 0.2) is 5.69 Å². The third kappa shape index (κ3) is 2.41. The molecule has 0 aliphatic heterocycles. The van der Waals surface area contributed by atoms with Gasteiger partial charge < -0.3 is 9.84 Å². The Kier molecular flexibility index (Phi) is 3.04. The molecule has 0 saturated heterocycles. The average molecular weight is 233 g/mol. The number of aromatic nitrogens is 3. The fraction of sp³-hybridized carbons (Fsp3) is 0.182. The number of carbonyl (C=O) groups is 1. The molecule has 2 aromatic rings. The first-order chi connectivity index (χ1) is 8.20. The molecule has 0 spiro atoms. The monoisotopic (exact) mass is 233 g/mol. The van der Waals surface area contributed by atoms with Gasteiger partial charge in [0.1, 0.15) is 5.75 Å². The van der Waals surface area contributed by atoms with E-state index in [1.165, 1.54) is 11.0 Å². The summed E-state index contributed by atoms with van der Waals surface area (Å²) in [6, 6.07) is 7.08. The van der Waals surface area contributed by atoms with Crippen LogP contribution in [0.1, 0.15) is 17.4 Å². The van der Waals surface area contributed by atoms with E-state index in [4.69, 9.17) is 9.84 Å². The highest BCUT2D eigenvalue weighted by molar-refractivity contribution is 5.84. The molecule has 0 fully saturated rings. The molecule has 1 N–H and O–H groups in total. The number of aromatic carboxylic acids is 1. The minimum atomic E-state index is -1.10. The quantitative estimate of drug-likeness (QED) is 0.862. The molecule has 17 heavy (non-hydrogen) atoms. The average Bonchev–Trinajstić information content (AvgIpc) is 2.80. The van der Waals surface area contributed by atoms with Crippen LogP contribution in [0.15, 0.2) is 30.5 Å². The standard InChI is InChI=1S/C11H11N3O3/c1-2-17-9-5-3-8(4-6-9)14-12-7-10(13-14)11(15)16/h3-7H,2H2,1H3,(H,15,16). The molecule has 1 heterocycles. The van der Waals surface area contributed by atoms with Crippen LogP contribution in [0.2, 0.25) is 0 Å². The summed E-state index contributed by atoms with van der Waals surface area (Å²) in [7, 11) is 0. The van der Waals surface area contributed by atoms with Crippen molar-refractivity contribution in [3.63, 3.8) is 0 Å². The highest BCUT2D eigenvalue weighted by atomic mass is 16.5. The van der Waals surface area contributed by atoms with Crippen molar-refractivity contribution in [3.8, 4) is 11.4 Å². The predicted octanol–water partition coefficient (Wildman–Crippen LogP) is 1.36. The molecule has 0 saturated carbocycles. The smallest absolute Gasteiger partial charge is 0.358 e. The van der Waals surface area contributed by atoms with Gasteiger partial charge in [0.05, 0.1) is 18.5 Å². The molecule has 1 aromatic heterocycles. The first kappa shape index (κ1) is 11.1. The first-order valence-electron chi connectivity index (χ1n) is 5.09.